The molecule has 0 saturated carbocycles. The Hall–Kier alpha value is -4.06. The van der Waals surface area contributed by atoms with E-state index in [0.29, 0.717) is 0 Å². The normalized spacial score (nSPS) is 16.9. The van der Waals surface area contributed by atoms with E-state index >= 15 is 0 Å². The average molecular weight is 510 g/mol. The van der Waals surface area contributed by atoms with Crippen LogP contribution < -0.4 is 5.46 Å². The van der Waals surface area contributed by atoms with Crippen LogP contribution in [-0.2, 0) is 9.31 Å². The molecule has 190 valence electrons. The van der Waals surface area contributed by atoms with Crippen molar-refractivity contribution in [2.75, 3.05) is 0 Å². The molecular weight excluding hydrogens is 483 g/mol. The van der Waals surface area contributed by atoms with Gasteiger partial charge in [0.15, 0.2) is 0 Å². The molecule has 0 atom stereocenters. The van der Waals surface area contributed by atoms with Crippen LogP contribution in [0.5, 0.6) is 0 Å². The Morgan fingerprint density at radius 1 is 0.513 bits per heavy atom. The first-order valence-electron chi connectivity index (χ1n) is 13.4. The molecule has 0 bridgehead atoms. The molecule has 1 aliphatic heterocycles. The minimum absolute atomic E-state index is 0.387. The molecule has 5 aromatic carbocycles. The van der Waals surface area contributed by atoms with Crippen LogP contribution in [0.4, 0.5) is 0 Å². The van der Waals surface area contributed by atoms with Crippen LogP contribution in [0.15, 0.2) is 99.8 Å². The molecular formula is C34H27BO4. The summed E-state index contributed by atoms with van der Waals surface area (Å²) in [6, 6.07) is 31.7. The summed E-state index contributed by atoms with van der Waals surface area (Å²) in [6.45, 7) is 8.31. The van der Waals surface area contributed by atoms with Gasteiger partial charge in [-0.2, -0.15) is 0 Å². The van der Waals surface area contributed by atoms with Gasteiger partial charge < -0.3 is 18.1 Å². The molecule has 0 N–H and O–H groups in total. The van der Waals surface area contributed by atoms with Gasteiger partial charge in [0.2, 0.25) is 0 Å². The van der Waals surface area contributed by atoms with Crippen LogP contribution >= 0.6 is 0 Å². The van der Waals surface area contributed by atoms with Crippen LogP contribution in [0.2, 0.25) is 0 Å². The third kappa shape index (κ3) is 3.33. The maximum absolute atomic E-state index is 6.31. The molecule has 8 rings (SSSR count). The van der Waals surface area contributed by atoms with Gasteiger partial charge in [-0.25, -0.2) is 0 Å². The number of hydrogen-bond acceptors (Lipinski definition) is 4. The van der Waals surface area contributed by atoms with Gasteiger partial charge >= 0.3 is 7.12 Å². The van der Waals surface area contributed by atoms with Gasteiger partial charge in [0.1, 0.15) is 22.3 Å². The molecule has 1 saturated heterocycles. The van der Waals surface area contributed by atoms with E-state index in [1.165, 1.54) is 0 Å². The predicted molar refractivity (Wildman–Crippen MR) is 160 cm³/mol. The Bertz CT molecular complexity index is 2080. The van der Waals surface area contributed by atoms with Crippen molar-refractivity contribution in [1.29, 1.82) is 0 Å². The van der Waals surface area contributed by atoms with Crippen molar-refractivity contribution < 1.29 is 18.1 Å². The zero-order chi connectivity index (χ0) is 26.5. The van der Waals surface area contributed by atoms with Crippen LogP contribution in [0, 0.1) is 0 Å². The fourth-order valence-corrected chi connectivity index (χ4v) is 5.79. The summed E-state index contributed by atoms with van der Waals surface area (Å²) in [5.74, 6) is 0. The number of furan rings is 2. The van der Waals surface area contributed by atoms with E-state index in [2.05, 4.69) is 94.4 Å². The number of hydrogen-bond donors (Lipinski definition) is 0. The number of fused-ring (bicyclic) bond motifs is 8. The highest BCUT2D eigenvalue weighted by Crippen LogP contribution is 2.39. The number of para-hydroxylation sites is 1. The molecule has 0 aliphatic carbocycles. The SMILES string of the molecule is CC1(C)OB(c2ccc3oc4ccc(-c5ccc6c(ccc7c8ccccc8oc67)c5)cc4c3c2)OC1(C)C. The van der Waals surface area contributed by atoms with Crippen molar-refractivity contribution >= 4 is 67.2 Å². The molecule has 0 radical (unpaired) electrons. The molecule has 0 amide bonds. The maximum Gasteiger partial charge on any atom is 0.494 e. The molecule has 4 nitrogen and oxygen atoms in total. The minimum atomic E-state index is -0.414. The summed E-state index contributed by atoms with van der Waals surface area (Å²) < 4.78 is 25.1. The van der Waals surface area contributed by atoms with E-state index < -0.39 is 7.12 Å². The van der Waals surface area contributed by atoms with Gasteiger partial charge in [0, 0.05) is 26.9 Å². The van der Waals surface area contributed by atoms with E-state index in [0.717, 1.165) is 71.2 Å². The monoisotopic (exact) mass is 510 g/mol. The van der Waals surface area contributed by atoms with Crippen LogP contribution in [0.3, 0.4) is 0 Å². The minimum Gasteiger partial charge on any atom is -0.456 e. The fraction of sp³-hybridized carbons (Fsp3) is 0.176. The summed E-state index contributed by atoms with van der Waals surface area (Å²) in [7, 11) is -0.414. The standard InChI is InChI=1S/C34H27BO4/c1-33(2)34(3,4)39-35(38-33)23-12-16-31-28(19-23)27-18-21(11-15-30(27)36-31)20-9-13-24-22(17-20)10-14-26-25-7-5-6-8-29(25)37-32(24)26/h5-19H,1-4H3. The third-order valence-electron chi connectivity index (χ3n) is 8.71. The highest BCUT2D eigenvalue weighted by Gasteiger charge is 2.51. The predicted octanol–water partition coefficient (Wildman–Crippen LogP) is 8.60. The van der Waals surface area contributed by atoms with Crippen molar-refractivity contribution in [3.8, 4) is 11.1 Å². The first kappa shape index (κ1) is 22.9. The fourth-order valence-electron chi connectivity index (χ4n) is 5.79. The van der Waals surface area contributed by atoms with E-state index in [1.54, 1.807) is 0 Å². The Morgan fingerprint density at radius 2 is 1.15 bits per heavy atom. The average Bonchev–Trinajstić information content (AvgIpc) is 3.56. The van der Waals surface area contributed by atoms with Crippen molar-refractivity contribution in [3.05, 3.63) is 91.0 Å². The van der Waals surface area contributed by atoms with Crippen LogP contribution in [0.25, 0.3) is 65.8 Å². The summed E-state index contributed by atoms with van der Waals surface area (Å²) in [6.07, 6.45) is 0. The van der Waals surface area contributed by atoms with E-state index in [4.69, 9.17) is 18.1 Å². The van der Waals surface area contributed by atoms with Crippen LogP contribution in [0.1, 0.15) is 27.7 Å². The van der Waals surface area contributed by atoms with Crippen LogP contribution in [-0.4, -0.2) is 18.3 Å². The van der Waals surface area contributed by atoms with Crippen molar-refractivity contribution in [2.45, 2.75) is 38.9 Å². The molecule has 2 aromatic heterocycles. The molecule has 7 aromatic rings. The zero-order valence-electron chi connectivity index (χ0n) is 22.4. The summed E-state index contributed by atoms with van der Waals surface area (Å²) in [4.78, 5) is 0. The summed E-state index contributed by atoms with van der Waals surface area (Å²) >= 11 is 0. The lowest BCUT2D eigenvalue weighted by Crippen LogP contribution is -2.41. The molecule has 1 fully saturated rings. The highest BCUT2D eigenvalue weighted by atomic mass is 16.7. The van der Waals surface area contributed by atoms with Gasteiger partial charge in [-0.3, -0.25) is 0 Å². The largest absolute Gasteiger partial charge is 0.494 e. The molecule has 1 aliphatic rings. The number of benzene rings is 5. The van der Waals surface area contributed by atoms with E-state index in [-0.39, 0.29) is 11.2 Å². The lowest BCUT2D eigenvalue weighted by atomic mass is 9.78. The topological polar surface area (TPSA) is 44.7 Å². The Labute approximate surface area is 226 Å². The maximum atomic E-state index is 6.31. The zero-order valence-corrected chi connectivity index (χ0v) is 22.4. The molecule has 0 unspecified atom stereocenters. The Morgan fingerprint density at radius 3 is 1.97 bits per heavy atom. The molecule has 0 spiro atoms. The van der Waals surface area contributed by atoms with Gasteiger partial charge in [-0.1, -0.05) is 48.5 Å². The highest BCUT2D eigenvalue weighted by molar-refractivity contribution is 6.62. The number of rotatable bonds is 2. The van der Waals surface area contributed by atoms with Gasteiger partial charge in [0.05, 0.1) is 11.2 Å². The van der Waals surface area contributed by atoms with Gasteiger partial charge in [-0.05, 0) is 92.1 Å². The first-order valence-corrected chi connectivity index (χ1v) is 13.4. The van der Waals surface area contributed by atoms with Gasteiger partial charge in [-0.15, -0.1) is 0 Å². The second-order valence-corrected chi connectivity index (χ2v) is 11.6. The van der Waals surface area contributed by atoms with E-state index in [1.807, 2.05) is 24.3 Å². The summed E-state index contributed by atoms with van der Waals surface area (Å²) in [5.41, 5.74) is 6.08. The lowest BCUT2D eigenvalue weighted by Gasteiger charge is -2.32. The quantitative estimate of drug-likeness (QED) is 0.219. The second-order valence-electron chi connectivity index (χ2n) is 11.6. The molecule has 5 heteroatoms. The Kier molecular flexibility index (Phi) is 4.55. The van der Waals surface area contributed by atoms with E-state index in [9.17, 15) is 0 Å². The van der Waals surface area contributed by atoms with Gasteiger partial charge in [0.25, 0.3) is 0 Å². The first-order chi connectivity index (χ1) is 18.8. The summed E-state index contributed by atoms with van der Waals surface area (Å²) in [5, 5.41) is 6.71. The molecule has 3 heterocycles. The van der Waals surface area contributed by atoms with Crippen molar-refractivity contribution in [3.63, 3.8) is 0 Å². The van der Waals surface area contributed by atoms with Crippen molar-refractivity contribution in [2.24, 2.45) is 0 Å². The lowest BCUT2D eigenvalue weighted by molar-refractivity contribution is 0.00578. The smallest absolute Gasteiger partial charge is 0.456 e. The third-order valence-corrected chi connectivity index (χ3v) is 8.71. The second kappa shape index (κ2) is 7.75. The van der Waals surface area contributed by atoms with Crippen molar-refractivity contribution in [1.82, 2.24) is 0 Å². The molecule has 39 heavy (non-hydrogen) atoms. The Balaban J connectivity index is 1.23.